The van der Waals surface area contributed by atoms with Crippen LogP contribution in [0.2, 0.25) is 0 Å². The highest BCUT2D eigenvalue weighted by Gasteiger charge is 2.37. The van der Waals surface area contributed by atoms with E-state index in [4.69, 9.17) is 4.74 Å². The van der Waals surface area contributed by atoms with E-state index in [-0.39, 0.29) is 5.78 Å². The predicted molar refractivity (Wildman–Crippen MR) is 81.7 cm³/mol. The summed E-state index contributed by atoms with van der Waals surface area (Å²) in [6.45, 7) is 11.8. The molecule has 4 heteroatoms. The second-order valence-corrected chi connectivity index (χ2v) is 5.75. The van der Waals surface area contributed by atoms with Gasteiger partial charge in [-0.05, 0) is 46.7 Å². The van der Waals surface area contributed by atoms with Crippen LogP contribution in [0.5, 0.6) is 0 Å². The minimum atomic E-state index is -1.05. The second kappa shape index (κ2) is 9.92. The highest BCUT2D eigenvalue weighted by molar-refractivity contribution is 6.03. The average Bonchev–Trinajstić information content (AvgIpc) is 2.41. The van der Waals surface area contributed by atoms with E-state index in [2.05, 4.69) is 18.7 Å². The van der Waals surface area contributed by atoms with Gasteiger partial charge in [0, 0.05) is 0 Å². The first kappa shape index (κ1) is 19.1. The van der Waals surface area contributed by atoms with Crippen molar-refractivity contribution in [1.82, 2.24) is 4.90 Å². The molecule has 0 rings (SSSR count). The minimum absolute atomic E-state index is 0.0526. The Morgan fingerprint density at radius 2 is 1.50 bits per heavy atom. The number of Topliss-reactive ketones (excluding diaryl/α,β-unsaturated/α-hetero) is 1. The molecular formula is C16H31NO3. The van der Waals surface area contributed by atoms with Gasteiger partial charge in [-0.2, -0.15) is 0 Å². The topological polar surface area (TPSA) is 46.6 Å². The van der Waals surface area contributed by atoms with E-state index in [9.17, 15) is 9.59 Å². The highest BCUT2D eigenvalue weighted by Crippen LogP contribution is 2.20. The fourth-order valence-electron chi connectivity index (χ4n) is 1.86. The standard InChI is InChI=1S/C16H31NO3/c1-6-9-11-17(12-10-7-2)13-14(18)16(4,5)15(19)20-8-3/h6-13H2,1-5H3. The molecule has 0 saturated carbocycles. The van der Waals surface area contributed by atoms with Gasteiger partial charge in [0.15, 0.2) is 5.78 Å². The number of ketones is 1. The molecule has 4 nitrogen and oxygen atoms in total. The number of ether oxygens (including phenoxy) is 1. The monoisotopic (exact) mass is 285 g/mol. The van der Waals surface area contributed by atoms with E-state index in [1.165, 1.54) is 0 Å². The van der Waals surface area contributed by atoms with E-state index < -0.39 is 11.4 Å². The third-order valence-corrected chi connectivity index (χ3v) is 3.51. The minimum Gasteiger partial charge on any atom is -0.465 e. The van der Waals surface area contributed by atoms with Crippen LogP contribution in [0.15, 0.2) is 0 Å². The van der Waals surface area contributed by atoms with Crippen molar-refractivity contribution >= 4 is 11.8 Å². The zero-order valence-electron chi connectivity index (χ0n) is 13.8. The van der Waals surface area contributed by atoms with Crippen molar-refractivity contribution < 1.29 is 14.3 Å². The van der Waals surface area contributed by atoms with Gasteiger partial charge in [-0.25, -0.2) is 0 Å². The Bertz CT molecular complexity index is 292. The van der Waals surface area contributed by atoms with Gasteiger partial charge < -0.3 is 4.74 Å². The Morgan fingerprint density at radius 1 is 1.00 bits per heavy atom. The molecule has 0 spiro atoms. The molecule has 0 radical (unpaired) electrons. The molecule has 0 aromatic rings. The van der Waals surface area contributed by atoms with Crippen molar-refractivity contribution in [1.29, 1.82) is 0 Å². The molecule has 118 valence electrons. The van der Waals surface area contributed by atoms with Gasteiger partial charge >= 0.3 is 5.97 Å². The third-order valence-electron chi connectivity index (χ3n) is 3.51. The van der Waals surface area contributed by atoms with Crippen LogP contribution in [0.25, 0.3) is 0 Å². The summed E-state index contributed by atoms with van der Waals surface area (Å²) >= 11 is 0. The number of unbranched alkanes of at least 4 members (excludes halogenated alkanes) is 2. The van der Waals surface area contributed by atoms with Gasteiger partial charge in [0.25, 0.3) is 0 Å². The summed E-state index contributed by atoms with van der Waals surface area (Å²) < 4.78 is 4.99. The molecule has 0 aliphatic heterocycles. The molecule has 20 heavy (non-hydrogen) atoms. The Kier molecular flexibility index (Phi) is 9.47. The molecule has 0 N–H and O–H groups in total. The molecule has 0 aliphatic carbocycles. The van der Waals surface area contributed by atoms with Gasteiger partial charge in [-0.15, -0.1) is 0 Å². The molecule has 0 amide bonds. The molecule has 0 aliphatic rings. The van der Waals surface area contributed by atoms with Crippen molar-refractivity contribution in [2.75, 3.05) is 26.2 Å². The van der Waals surface area contributed by atoms with Gasteiger partial charge in [-0.3, -0.25) is 14.5 Å². The Morgan fingerprint density at radius 3 is 1.90 bits per heavy atom. The van der Waals surface area contributed by atoms with Gasteiger partial charge in [-0.1, -0.05) is 26.7 Å². The lowest BCUT2D eigenvalue weighted by Crippen LogP contribution is -2.43. The van der Waals surface area contributed by atoms with Gasteiger partial charge in [0.2, 0.25) is 0 Å². The maximum Gasteiger partial charge on any atom is 0.319 e. The summed E-state index contributed by atoms with van der Waals surface area (Å²) in [6, 6.07) is 0. The molecule has 0 fully saturated rings. The third kappa shape index (κ3) is 6.51. The average molecular weight is 285 g/mol. The van der Waals surface area contributed by atoms with Crippen LogP contribution in [0, 0.1) is 5.41 Å². The molecule has 0 heterocycles. The number of carbonyl (C=O) groups is 2. The molecule has 0 unspecified atom stereocenters. The van der Waals surface area contributed by atoms with Gasteiger partial charge in [0.1, 0.15) is 5.41 Å². The largest absolute Gasteiger partial charge is 0.465 e. The summed E-state index contributed by atoms with van der Waals surface area (Å²) in [7, 11) is 0. The van der Waals surface area contributed by atoms with Crippen LogP contribution < -0.4 is 0 Å². The molecule has 0 aromatic heterocycles. The van der Waals surface area contributed by atoms with Crippen molar-refractivity contribution in [3.8, 4) is 0 Å². The van der Waals surface area contributed by atoms with Crippen LogP contribution in [-0.2, 0) is 14.3 Å². The van der Waals surface area contributed by atoms with Crippen LogP contribution in [0.3, 0.4) is 0 Å². The maximum atomic E-state index is 12.4. The predicted octanol–water partition coefficient (Wildman–Crippen LogP) is 3.05. The van der Waals surface area contributed by atoms with E-state index in [1.807, 2.05) is 0 Å². The lowest BCUT2D eigenvalue weighted by molar-refractivity contribution is -0.158. The zero-order chi connectivity index (χ0) is 15.6. The van der Waals surface area contributed by atoms with Crippen molar-refractivity contribution in [3.63, 3.8) is 0 Å². The summed E-state index contributed by atoms with van der Waals surface area (Å²) in [5.74, 6) is -0.473. The van der Waals surface area contributed by atoms with Crippen LogP contribution in [0.4, 0.5) is 0 Å². The summed E-state index contributed by atoms with van der Waals surface area (Å²) in [6.07, 6.45) is 4.38. The highest BCUT2D eigenvalue weighted by atomic mass is 16.5. The Labute approximate surface area is 123 Å². The fourth-order valence-corrected chi connectivity index (χ4v) is 1.86. The lowest BCUT2D eigenvalue weighted by atomic mass is 9.87. The van der Waals surface area contributed by atoms with E-state index in [0.717, 1.165) is 38.8 Å². The fraction of sp³-hybridized carbons (Fsp3) is 0.875. The number of esters is 1. The molecular weight excluding hydrogens is 254 g/mol. The van der Waals surface area contributed by atoms with Gasteiger partial charge in [0.05, 0.1) is 13.2 Å². The molecule has 0 bridgehead atoms. The molecule has 0 aromatic carbocycles. The Hall–Kier alpha value is -0.900. The van der Waals surface area contributed by atoms with Crippen molar-refractivity contribution in [2.24, 2.45) is 5.41 Å². The number of rotatable bonds is 11. The van der Waals surface area contributed by atoms with E-state index in [0.29, 0.717) is 13.2 Å². The SMILES string of the molecule is CCCCN(CCCC)CC(=O)C(C)(C)C(=O)OCC. The number of nitrogens with zero attached hydrogens (tertiary/aromatic N) is 1. The number of hydrogen-bond donors (Lipinski definition) is 0. The van der Waals surface area contributed by atoms with Crippen molar-refractivity contribution in [2.45, 2.75) is 60.3 Å². The summed E-state index contributed by atoms with van der Waals surface area (Å²) in [5.41, 5.74) is -1.05. The van der Waals surface area contributed by atoms with Crippen LogP contribution >= 0.6 is 0 Å². The normalized spacial score (nSPS) is 11.7. The maximum absolute atomic E-state index is 12.4. The molecule has 0 saturated heterocycles. The van der Waals surface area contributed by atoms with Crippen molar-refractivity contribution in [3.05, 3.63) is 0 Å². The van der Waals surface area contributed by atoms with Crippen LogP contribution in [0.1, 0.15) is 60.3 Å². The Balaban J connectivity index is 4.58. The zero-order valence-corrected chi connectivity index (χ0v) is 13.8. The first-order valence-corrected chi connectivity index (χ1v) is 7.82. The van der Waals surface area contributed by atoms with Crippen LogP contribution in [-0.4, -0.2) is 42.9 Å². The summed E-state index contributed by atoms with van der Waals surface area (Å²) in [5, 5.41) is 0. The summed E-state index contributed by atoms with van der Waals surface area (Å²) in [4.78, 5) is 26.4. The lowest BCUT2D eigenvalue weighted by Gasteiger charge is -2.26. The molecule has 0 atom stereocenters. The first-order valence-electron chi connectivity index (χ1n) is 7.82. The second-order valence-electron chi connectivity index (χ2n) is 5.75. The quantitative estimate of drug-likeness (QED) is 0.432. The van der Waals surface area contributed by atoms with E-state index >= 15 is 0 Å². The number of carbonyl (C=O) groups excluding carboxylic acids is 2. The first-order chi connectivity index (χ1) is 9.39. The smallest absolute Gasteiger partial charge is 0.319 e. The number of hydrogen-bond acceptors (Lipinski definition) is 4. The van der Waals surface area contributed by atoms with E-state index in [1.54, 1.807) is 20.8 Å².